The predicted octanol–water partition coefficient (Wildman–Crippen LogP) is 3.87. The molecule has 0 radical (unpaired) electrons. The summed E-state index contributed by atoms with van der Waals surface area (Å²) >= 11 is 0. The number of aliphatic hydroxyl groups is 1. The number of aromatic nitrogens is 2. The zero-order chi connectivity index (χ0) is 18.0. The number of nitrogens with zero attached hydrogens (tertiary/aromatic N) is 2. The lowest BCUT2D eigenvalue weighted by molar-refractivity contribution is 0.252. The van der Waals surface area contributed by atoms with Gasteiger partial charge in [-0.05, 0) is 42.7 Å². The summed E-state index contributed by atoms with van der Waals surface area (Å²) < 4.78 is 11.3. The minimum atomic E-state index is 0.184. The lowest BCUT2D eigenvalue weighted by Gasteiger charge is -2.08. The second-order valence-corrected chi connectivity index (χ2v) is 5.82. The molecular formula is C21H22N2O3. The Kier molecular flexibility index (Phi) is 6.56. The van der Waals surface area contributed by atoms with E-state index in [1.54, 1.807) is 12.4 Å². The van der Waals surface area contributed by atoms with Crippen molar-refractivity contribution in [1.29, 1.82) is 0 Å². The summed E-state index contributed by atoms with van der Waals surface area (Å²) in [4.78, 5) is 8.69. The van der Waals surface area contributed by atoms with E-state index in [2.05, 4.69) is 9.97 Å². The van der Waals surface area contributed by atoms with Crippen LogP contribution in [0.15, 0.2) is 67.0 Å². The van der Waals surface area contributed by atoms with E-state index in [9.17, 15) is 0 Å². The minimum absolute atomic E-state index is 0.184. The van der Waals surface area contributed by atoms with E-state index in [-0.39, 0.29) is 6.61 Å². The third-order valence-corrected chi connectivity index (χ3v) is 3.81. The molecule has 5 heteroatoms. The maximum atomic E-state index is 8.75. The molecule has 2 aromatic carbocycles. The highest BCUT2D eigenvalue weighted by molar-refractivity contribution is 5.56. The molecule has 1 aromatic heterocycles. The van der Waals surface area contributed by atoms with Gasteiger partial charge in [-0.25, -0.2) is 9.97 Å². The van der Waals surface area contributed by atoms with Crippen molar-refractivity contribution in [2.24, 2.45) is 0 Å². The molecule has 26 heavy (non-hydrogen) atoms. The van der Waals surface area contributed by atoms with E-state index in [0.29, 0.717) is 24.8 Å². The SMILES string of the molecule is OCCCCOc1cnc(-c2ccc(OCc3ccccc3)cc2)nc1. The maximum Gasteiger partial charge on any atom is 0.159 e. The van der Waals surface area contributed by atoms with Crippen molar-refractivity contribution in [3.63, 3.8) is 0 Å². The number of benzene rings is 2. The van der Waals surface area contributed by atoms with Gasteiger partial charge in [0.25, 0.3) is 0 Å². The van der Waals surface area contributed by atoms with Crippen molar-refractivity contribution in [1.82, 2.24) is 9.97 Å². The van der Waals surface area contributed by atoms with Crippen LogP contribution in [0.4, 0.5) is 0 Å². The molecule has 0 aliphatic carbocycles. The highest BCUT2D eigenvalue weighted by Crippen LogP contribution is 2.21. The fourth-order valence-corrected chi connectivity index (χ4v) is 2.38. The van der Waals surface area contributed by atoms with Crippen LogP contribution >= 0.6 is 0 Å². The quantitative estimate of drug-likeness (QED) is 0.594. The predicted molar refractivity (Wildman–Crippen MR) is 100 cm³/mol. The van der Waals surface area contributed by atoms with Gasteiger partial charge in [-0.1, -0.05) is 30.3 Å². The second-order valence-electron chi connectivity index (χ2n) is 5.82. The summed E-state index contributed by atoms with van der Waals surface area (Å²) in [5.41, 5.74) is 2.05. The van der Waals surface area contributed by atoms with Crippen LogP contribution in [0.2, 0.25) is 0 Å². The molecule has 0 saturated heterocycles. The molecule has 0 saturated carbocycles. The highest BCUT2D eigenvalue weighted by Gasteiger charge is 2.03. The van der Waals surface area contributed by atoms with Crippen LogP contribution in [-0.4, -0.2) is 28.3 Å². The molecule has 0 spiro atoms. The highest BCUT2D eigenvalue weighted by atomic mass is 16.5. The third-order valence-electron chi connectivity index (χ3n) is 3.81. The van der Waals surface area contributed by atoms with Gasteiger partial charge in [0, 0.05) is 12.2 Å². The van der Waals surface area contributed by atoms with Crippen LogP contribution in [0.1, 0.15) is 18.4 Å². The van der Waals surface area contributed by atoms with Crippen molar-refractivity contribution in [2.75, 3.05) is 13.2 Å². The normalized spacial score (nSPS) is 10.5. The number of rotatable bonds is 9. The van der Waals surface area contributed by atoms with Crippen LogP contribution in [0.5, 0.6) is 11.5 Å². The Morgan fingerprint density at radius 3 is 2.19 bits per heavy atom. The zero-order valence-electron chi connectivity index (χ0n) is 14.5. The molecule has 0 atom stereocenters. The first-order chi connectivity index (χ1) is 12.8. The molecule has 0 aliphatic rings. The van der Waals surface area contributed by atoms with Crippen LogP contribution in [-0.2, 0) is 6.61 Å². The van der Waals surface area contributed by atoms with Crippen molar-refractivity contribution in [3.8, 4) is 22.9 Å². The van der Waals surface area contributed by atoms with Gasteiger partial charge < -0.3 is 14.6 Å². The van der Waals surface area contributed by atoms with Gasteiger partial charge in [0.1, 0.15) is 12.4 Å². The summed E-state index contributed by atoms with van der Waals surface area (Å²) in [6, 6.07) is 17.8. The first-order valence-electron chi connectivity index (χ1n) is 8.68. The molecule has 0 fully saturated rings. The topological polar surface area (TPSA) is 64.5 Å². The number of ether oxygens (including phenoxy) is 2. The molecule has 3 rings (SSSR count). The van der Waals surface area contributed by atoms with Gasteiger partial charge in [0.2, 0.25) is 0 Å². The number of aliphatic hydroxyl groups excluding tert-OH is 1. The molecule has 3 aromatic rings. The fourth-order valence-electron chi connectivity index (χ4n) is 2.38. The smallest absolute Gasteiger partial charge is 0.159 e. The Balaban J connectivity index is 1.54. The van der Waals surface area contributed by atoms with Crippen LogP contribution < -0.4 is 9.47 Å². The van der Waals surface area contributed by atoms with Gasteiger partial charge in [-0.3, -0.25) is 0 Å². The van der Waals surface area contributed by atoms with Crippen LogP contribution in [0, 0.1) is 0 Å². The summed E-state index contributed by atoms with van der Waals surface area (Å²) in [6.07, 6.45) is 4.88. The van der Waals surface area contributed by atoms with Gasteiger partial charge >= 0.3 is 0 Å². The van der Waals surface area contributed by atoms with E-state index in [0.717, 1.165) is 29.7 Å². The van der Waals surface area contributed by atoms with Crippen LogP contribution in [0.25, 0.3) is 11.4 Å². The first kappa shape index (κ1) is 17.9. The monoisotopic (exact) mass is 350 g/mol. The molecule has 0 bridgehead atoms. The average molecular weight is 350 g/mol. The van der Waals surface area contributed by atoms with Gasteiger partial charge in [-0.2, -0.15) is 0 Å². The Hall–Kier alpha value is -2.92. The van der Waals surface area contributed by atoms with Gasteiger partial charge in [0.05, 0.1) is 19.0 Å². The molecule has 134 valence electrons. The summed E-state index contributed by atoms with van der Waals surface area (Å²) in [7, 11) is 0. The van der Waals surface area contributed by atoms with Gasteiger partial charge in [0.15, 0.2) is 11.6 Å². The molecule has 0 aliphatic heterocycles. The third kappa shape index (κ3) is 5.29. The van der Waals surface area contributed by atoms with E-state index in [1.807, 2.05) is 54.6 Å². The van der Waals surface area contributed by atoms with Crippen molar-refractivity contribution in [3.05, 3.63) is 72.6 Å². The lowest BCUT2D eigenvalue weighted by atomic mass is 10.2. The molecule has 1 N–H and O–H groups in total. The fraction of sp³-hybridized carbons (Fsp3) is 0.238. The summed E-state index contributed by atoms with van der Waals surface area (Å²) in [6.45, 7) is 1.28. The molecular weight excluding hydrogens is 328 g/mol. The second kappa shape index (κ2) is 9.53. The zero-order valence-corrected chi connectivity index (χ0v) is 14.5. The Morgan fingerprint density at radius 2 is 1.50 bits per heavy atom. The average Bonchev–Trinajstić information content (AvgIpc) is 2.71. The molecule has 5 nitrogen and oxygen atoms in total. The van der Waals surface area contributed by atoms with E-state index < -0.39 is 0 Å². The number of hydrogen-bond acceptors (Lipinski definition) is 5. The summed E-state index contributed by atoms with van der Waals surface area (Å²) in [5.74, 6) is 2.08. The maximum absolute atomic E-state index is 8.75. The Bertz CT molecular complexity index is 775. The van der Waals surface area contributed by atoms with Crippen molar-refractivity contribution in [2.45, 2.75) is 19.4 Å². The van der Waals surface area contributed by atoms with E-state index in [4.69, 9.17) is 14.6 Å². The van der Waals surface area contributed by atoms with Crippen molar-refractivity contribution >= 4 is 0 Å². The largest absolute Gasteiger partial charge is 0.490 e. The standard InChI is InChI=1S/C21H22N2O3/c24-12-4-5-13-25-20-14-22-21(23-15-20)18-8-10-19(11-9-18)26-16-17-6-2-1-3-7-17/h1-3,6-11,14-15,24H,4-5,12-13,16H2. The number of unbranched alkanes of at least 4 members (excludes halogenated alkanes) is 1. The van der Waals surface area contributed by atoms with Crippen molar-refractivity contribution < 1.29 is 14.6 Å². The molecule has 0 unspecified atom stereocenters. The molecule has 1 heterocycles. The van der Waals surface area contributed by atoms with E-state index in [1.165, 1.54) is 0 Å². The Morgan fingerprint density at radius 1 is 0.769 bits per heavy atom. The Labute approximate surface area is 153 Å². The minimum Gasteiger partial charge on any atom is -0.490 e. The van der Waals surface area contributed by atoms with E-state index >= 15 is 0 Å². The van der Waals surface area contributed by atoms with Gasteiger partial charge in [-0.15, -0.1) is 0 Å². The molecule has 0 amide bonds. The lowest BCUT2D eigenvalue weighted by Crippen LogP contribution is -2.00. The summed E-state index contributed by atoms with van der Waals surface area (Å²) in [5, 5.41) is 8.75. The number of hydrogen-bond donors (Lipinski definition) is 1. The first-order valence-corrected chi connectivity index (χ1v) is 8.68. The van der Waals surface area contributed by atoms with Crippen LogP contribution in [0.3, 0.4) is 0 Å².